The quantitative estimate of drug-likeness (QED) is 0.728. The molecule has 0 aromatic carbocycles. The lowest BCUT2D eigenvalue weighted by molar-refractivity contribution is -0.0450. The first-order valence-corrected chi connectivity index (χ1v) is 11.5. The van der Waals surface area contributed by atoms with Crippen LogP contribution < -0.4 is 15.4 Å². The molecule has 2 atom stereocenters. The Morgan fingerprint density at radius 3 is 2.45 bits per heavy atom. The molecule has 2 unspecified atom stereocenters. The number of hydrogen-bond donors (Lipinski definition) is 2. The fourth-order valence-corrected chi connectivity index (χ4v) is 6.56. The smallest absolute Gasteiger partial charge is 0.391 e. The average Bonchev–Trinajstić information content (AvgIpc) is 2.72. The van der Waals surface area contributed by atoms with Crippen LogP contribution in [0, 0.1) is 30.1 Å². The molecule has 0 spiro atoms. The molecule has 4 bridgehead atoms. The maximum Gasteiger partial charge on any atom is 0.414 e. The lowest BCUT2D eigenvalue weighted by Gasteiger charge is -2.61. The van der Waals surface area contributed by atoms with Crippen molar-refractivity contribution in [3.05, 3.63) is 53.5 Å². The van der Waals surface area contributed by atoms with Crippen LogP contribution in [-0.2, 0) is 6.42 Å². The van der Waals surface area contributed by atoms with Crippen LogP contribution in [0.25, 0.3) is 0 Å². The number of aryl methyl sites for hydroxylation is 1. The highest BCUT2D eigenvalue weighted by molar-refractivity contribution is 5.92. The van der Waals surface area contributed by atoms with E-state index in [0.717, 1.165) is 37.8 Å². The maximum atomic E-state index is 13.0. The first-order chi connectivity index (χ1) is 15.9. The maximum absolute atomic E-state index is 13.0. The number of rotatable bonds is 5. The first-order valence-electron chi connectivity index (χ1n) is 11.5. The van der Waals surface area contributed by atoms with E-state index in [0.29, 0.717) is 29.6 Å². The molecule has 4 fully saturated rings. The van der Waals surface area contributed by atoms with E-state index in [1.165, 1.54) is 0 Å². The van der Waals surface area contributed by atoms with E-state index in [9.17, 15) is 9.59 Å². The zero-order valence-corrected chi connectivity index (χ0v) is 18.6. The van der Waals surface area contributed by atoms with Crippen LogP contribution in [0.2, 0.25) is 0 Å². The summed E-state index contributed by atoms with van der Waals surface area (Å²) in [7, 11) is 0. The molecule has 0 aliphatic heterocycles. The molecule has 170 valence electrons. The largest absolute Gasteiger partial charge is 0.414 e. The monoisotopic (exact) mass is 445 g/mol. The highest BCUT2D eigenvalue weighted by Crippen LogP contribution is 2.57. The van der Waals surface area contributed by atoms with E-state index in [2.05, 4.69) is 20.6 Å². The summed E-state index contributed by atoms with van der Waals surface area (Å²) >= 11 is 0. The number of nitriles is 1. The lowest BCUT2D eigenvalue weighted by atomic mass is 9.50. The van der Waals surface area contributed by atoms with E-state index in [4.69, 9.17) is 10.00 Å². The van der Waals surface area contributed by atoms with Crippen LogP contribution in [0.15, 0.2) is 36.4 Å². The van der Waals surface area contributed by atoms with Gasteiger partial charge in [-0.2, -0.15) is 5.26 Å². The summed E-state index contributed by atoms with van der Waals surface area (Å²) < 4.78 is 5.47. The van der Waals surface area contributed by atoms with Crippen molar-refractivity contribution in [3.8, 4) is 11.9 Å². The van der Waals surface area contributed by atoms with E-state index in [1.54, 1.807) is 24.3 Å². The summed E-state index contributed by atoms with van der Waals surface area (Å²) in [6.07, 6.45) is 5.07. The number of carbonyl (C=O) groups excluding carboxylic acids is 2. The van der Waals surface area contributed by atoms with Gasteiger partial charge in [0.1, 0.15) is 5.69 Å². The molecule has 2 aromatic heterocycles. The van der Waals surface area contributed by atoms with Gasteiger partial charge in [0.05, 0.1) is 18.2 Å². The zero-order valence-electron chi connectivity index (χ0n) is 18.6. The van der Waals surface area contributed by atoms with Crippen molar-refractivity contribution < 1.29 is 14.3 Å². The summed E-state index contributed by atoms with van der Waals surface area (Å²) in [4.78, 5) is 34.4. The van der Waals surface area contributed by atoms with Crippen LogP contribution in [0.3, 0.4) is 0 Å². The van der Waals surface area contributed by atoms with Crippen LogP contribution in [0.1, 0.15) is 60.4 Å². The van der Waals surface area contributed by atoms with E-state index < -0.39 is 11.6 Å². The molecule has 4 aliphatic carbocycles. The van der Waals surface area contributed by atoms with Gasteiger partial charge >= 0.3 is 6.09 Å². The van der Waals surface area contributed by atoms with Crippen molar-refractivity contribution in [3.63, 3.8) is 0 Å². The van der Waals surface area contributed by atoms with Gasteiger partial charge in [0.15, 0.2) is 0 Å². The Balaban J connectivity index is 1.30. The van der Waals surface area contributed by atoms with E-state index >= 15 is 0 Å². The number of nitrogens with zero attached hydrogens (tertiary/aromatic N) is 3. The van der Waals surface area contributed by atoms with Crippen LogP contribution in [0.4, 0.5) is 4.79 Å². The average molecular weight is 446 g/mol. The summed E-state index contributed by atoms with van der Waals surface area (Å²) in [5, 5.41) is 15.3. The molecule has 8 heteroatoms. The third-order valence-electron chi connectivity index (χ3n) is 7.17. The van der Waals surface area contributed by atoms with Gasteiger partial charge in [-0.1, -0.05) is 12.1 Å². The lowest BCUT2D eigenvalue weighted by Crippen LogP contribution is -2.70. The number of ether oxygens (including phenoxy) is 1. The van der Waals surface area contributed by atoms with Crippen molar-refractivity contribution in [2.24, 2.45) is 11.8 Å². The number of nitrogens with one attached hydrogen (secondary N) is 2. The van der Waals surface area contributed by atoms with E-state index in [-0.39, 0.29) is 23.7 Å². The fraction of sp³-hybridized carbons (Fsp3) is 0.480. The third kappa shape index (κ3) is 4.40. The number of aromatic nitrogens is 2. The highest BCUT2D eigenvalue weighted by atomic mass is 16.6. The van der Waals surface area contributed by atoms with Gasteiger partial charge < -0.3 is 15.4 Å². The Bertz CT molecular complexity index is 1130. The predicted molar refractivity (Wildman–Crippen MR) is 119 cm³/mol. The van der Waals surface area contributed by atoms with Gasteiger partial charge in [0.25, 0.3) is 5.91 Å². The molecule has 0 radical (unpaired) electrons. The standard InChI is InChI=1S/C25H27N5O3/c1-16-4-2-6-20(27-16)22(31)29-24-11-17-10-18(12-24)14-25(13-17,15-24)30-23(32)33-21-7-3-5-19(28-21)8-9-26/h2-7,17-18H,8,10-15H2,1H3,(H,29,31)(H,30,32). The van der Waals surface area contributed by atoms with Gasteiger partial charge in [-0.05, 0) is 75.5 Å². The molecule has 4 saturated carbocycles. The normalized spacial score (nSPS) is 29.2. The number of amides is 2. The fourth-order valence-electron chi connectivity index (χ4n) is 6.56. The zero-order chi connectivity index (χ0) is 23.1. The van der Waals surface area contributed by atoms with Gasteiger partial charge in [-0.3, -0.25) is 4.79 Å². The SMILES string of the molecule is Cc1cccc(C(=O)NC23CC4CC(CC(NC(=O)Oc5cccc(CC#N)n5)(C4)C2)C3)n1. The van der Waals surface area contributed by atoms with E-state index in [1.807, 2.05) is 25.1 Å². The van der Waals surface area contributed by atoms with Crippen molar-refractivity contribution in [2.75, 3.05) is 0 Å². The van der Waals surface area contributed by atoms with Crippen LogP contribution >= 0.6 is 0 Å². The van der Waals surface area contributed by atoms with Crippen molar-refractivity contribution >= 4 is 12.0 Å². The summed E-state index contributed by atoms with van der Waals surface area (Å²) in [5.41, 5.74) is 1.05. The van der Waals surface area contributed by atoms with Crippen LogP contribution in [-0.4, -0.2) is 33.0 Å². The minimum absolute atomic E-state index is 0.156. The second-order valence-corrected chi connectivity index (χ2v) is 9.96. The molecule has 2 aromatic rings. The topological polar surface area (TPSA) is 117 Å². The summed E-state index contributed by atoms with van der Waals surface area (Å²) in [6.45, 7) is 1.87. The number of carbonyl (C=O) groups is 2. The Morgan fingerprint density at radius 2 is 1.76 bits per heavy atom. The molecule has 4 aliphatic rings. The van der Waals surface area contributed by atoms with Crippen LogP contribution in [0.5, 0.6) is 5.88 Å². The Hall–Kier alpha value is -3.47. The van der Waals surface area contributed by atoms with Gasteiger partial charge in [-0.25, -0.2) is 14.8 Å². The van der Waals surface area contributed by atoms with Gasteiger partial charge in [0, 0.05) is 22.8 Å². The molecule has 33 heavy (non-hydrogen) atoms. The molecule has 0 saturated heterocycles. The summed E-state index contributed by atoms with van der Waals surface area (Å²) in [5.74, 6) is 0.930. The second-order valence-electron chi connectivity index (χ2n) is 9.96. The van der Waals surface area contributed by atoms with Crippen molar-refractivity contribution in [1.29, 1.82) is 5.26 Å². The predicted octanol–water partition coefficient (Wildman–Crippen LogP) is 3.46. The second kappa shape index (κ2) is 8.14. The minimum atomic E-state index is -0.541. The summed E-state index contributed by atoms with van der Waals surface area (Å²) in [6, 6.07) is 12.5. The van der Waals surface area contributed by atoms with Crippen molar-refractivity contribution in [1.82, 2.24) is 20.6 Å². The minimum Gasteiger partial charge on any atom is -0.391 e. The van der Waals surface area contributed by atoms with Crippen molar-refractivity contribution in [2.45, 2.75) is 62.9 Å². The van der Waals surface area contributed by atoms with Gasteiger partial charge in [-0.15, -0.1) is 0 Å². The number of hydrogen-bond acceptors (Lipinski definition) is 6. The third-order valence-corrected chi connectivity index (χ3v) is 7.17. The Kier molecular flexibility index (Phi) is 5.28. The molecule has 6 rings (SSSR count). The van der Waals surface area contributed by atoms with Gasteiger partial charge in [0.2, 0.25) is 5.88 Å². The molecular weight excluding hydrogens is 418 g/mol. The number of pyridine rings is 2. The first kappa shape index (κ1) is 21.4. The molecule has 2 heterocycles. The highest BCUT2D eigenvalue weighted by Gasteiger charge is 2.59. The molecule has 2 amide bonds. The molecule has 2 N–H and O–H groups in total. The Morgan fingerprint density at radius 1 is 1.06 bits per heavy atom. The molecule has 8 nitrogen and oxygen atoms in total. The molecular formula is C25H27N5O3. The Labute approximate surface area is 192 Å².